The van der Waals surface area contributed by atoms with Gasteiger partial charge in [0, 0.05) is 18.6 Å². The van der Waals surface area contributed by atoms with E-state index in [0.29, 0.717) is 17.3 Å². The number of hydrogen-bond donors (Lipinski definition) is 0. The molecule has 0 aliphatic carbocycles. The number of likely N-dealkylation sites (N-methyl/N-ethyl adjacent to an activating group) is 1. The molecule has 0 bridgehead atoms. The quantitative estimate of drug-likeness (QED) is 0.804. The summed E-state index contributed by atoms with van der Waals surface area (Å²) in [5.41, 5.74) is 0.574. The number of nitrogens with zero attached hydrogens (tertiary/aromatic N) is 3. The maximum absolute atomic E-state index is 12.6. The Morgan fingerprint density at radius 2 is 1.76 bits per heavy atom. The molecule has 0 N–H and O–H groups in total. The van der Waals surface area contributed by atoms with Gasteiger partial charge in [0.05, 0.1) is 5.69 Å². The molecule has 0 spiro atoms. The molecular weight excluding hydrogens is 290 g/mol. The Hall–Kier alpha value is -1.59. The van der Waals surface area contributed by atoms with Crippen LogP contribution in [0.3, 0.4) is 0 Å². The lowest BCUT2D eigenvalue weighted by atomic mass is 10.2. The highest BCUT2D eigenvalue weighted by molar-refractivity contribution is 6.30. The SMILES string of the molecule is CN1C(=O)N(c2ccc(Cl)cc2)C(=O)C1CN1CCCC1. The first kappa shape index (κ1) is 14.4. The summed E-state index contributed by atoms with van der Waals surface area (Å²) >= 11 is 5.86. The van der Waals surface area contributed by atoms with Crippen molar-refractivity contribution in [2.75, 3.05) is 31.6 Å². The minimum Gasteiger partial charge on any atom is -0.314 e. The fourth-order valence-corrected chi connectivity index (χ4v) is 3.06. The van der Waals surface area contributed by atoms with E-state index in [-0.39, 0.29) is 11.9 Å². The molecule has 6 heteroatoms. The van der Waals surface area contributed by atoms with E-state index >= 15 is 0 Å². The van der Waals surface area contributed by atoms with Gasteiger partial charge in [-0.3, -0.25) is 4.79 Å². The zero-order chi connectivity index (χ0) is 15.0. The Morgan fingerprint density at radius 1 is 1.14 bits per heavy atom. The largest absolute Gasteiger partial charge is 0.331 e. The molecule has 2 fully saturated rings. The van der Waals surface area contributed by atoms with Crippen LogP contribution in [0.1, 0.15) is 12.8 Å². The zero-order valence-electron chi connectivity index (χ0n) is 12.0. The minimum atomic E-state index is -0.397. The summed E-state index contributed by atoms with van der Waals surface area (Å²) in [4.78, 5) is 30.0. The summed E-state index contributed by atoms with van der Waals surface area (Å²) in [5.74, 6) is -0.156. The van der Waals surface area contributed by atoms with Gasteiger partial charge in [-0.15, -0.1) is 0 Å². The first-order valence-electron chi connectivity index (χ1n) is 7.16. The third-order valence-electron chi connectivity index (χ3n) is 4.18. The summed E-state index contributed by atoms with van der Waals surface area (Å²) in [5, 5.41) is 0.583. The van der Waals surface area contributed by atoms with Crippen LogP contribution in [0.25, 0.3) is 0 Å². The molecular formula is C15H18ClN3O2. The summed E-state index contributed by atoms with van der Waals surface area (Å²) in [6.45, 7) is 2.63. The molecule has 0 saturated carbocycles. The second-order valence-electron chi connectivity index (χ2n) is 5.57. The molecule has 1 aromatic carbocycles. The Kier molecular flexibility index (Phi) is 3.87. The Labute approximate surface area is 129 Å². The number of carbonyl (C=O) groups excluding carboxylic acids is 2. The average Bonchev–Trinajstić information content (AvgIpc) is 3.05. The van der Waals surface area contributed by atoms with Gasteiger partial charge in [0.1, 0.15) is 6.04 Å². The monoisotopic (exact) mass is 307 g/mol. The van der Waals surface area contributed by atoms with Crippen molar-refractivity contribution in [3.05, 3.63) is 29.3 Å². The molecule has 1 aromatic rings. The van der Waals surface area contributed by atoms with E-state index < -0.39 is 6.04 Å². The van der Waals surface area contributed by atoms with Crippen molar-refractivity contribution in [1.82, 2.24) is 9.80 Å². The Bertz CT molecular complexity index is 555. The van der Waals surface area contributed by atoms with Gasteiger partial charge < -0.3 is 9.80 Å². The Morgan fingerprint density at radius 3 is 2.38 bits per heavy atom. The smallest absolute Gasteiger partial charge is 0.314 e. The van der Waals surface area contributed by atoms with Crippen molar-refractivity contribution in [3.63, 3.8) is 0 Å². The van der Waals surface area contributed by atoms with Crippen LogP contribution in [0.2, 0.25) is 5.02 Å². The topological polar surface area (TPSA) is 43.9 Å². The molecule has 2 aliphatic rings. The second-order valence-corrected chi connectivity index (χ2v) is 6.00. The Balaban J connectivity index is 1.81. The third kappa shape index (κ3) is 2.63. The molecule has 3 amide bonds. The van der Waals surface area contributed by atoms with E-state index in [1.807, 2.05) is 0 Å². The van der Waals surface area contributed by atoms with Crippen molar-refractivity contribution >= 4 is 29.2 Å². The van der Waals surface area contributed by atoms with Crippen LogP contribution >= 0.6 is 11.6 Å². The number of likely N-dealkylation sites (tertiary alicyclic amines) is 1. The van der Waals surface area contributed by atoms with Crippen LogP contribution in [0.15, 0.2) is 24.3 Å². The summed E-state index contributed by atoms with van der Waals surface area (Å²) in [7, 11) is 1.69. The summed E-state index contributed by atoms with van der Waals surface area (Å²) < 4.78 is 0. The lowest BCUT2D eigenvalue weighted by Crippen LogP contribution is -2.41. The predicted octanol–water partition coefficient (Wildman–Crippen LogP) is 2.20. The molecule has 2 aliphatic heterocycles. The number of anilines is 1. The fraction of sp³-hybridized carbons (Fsp3) is 0.467. The van der Waals surface area contributed by atoms with Crippen molar-refractivity contribution in [2.24, 2.45) is 0 Å². The van der Waals surface area contributed by atoms with E-state index in [4.69, 9.17) is 11.6 Å². The summed E-state index contributed by atoms with van der Waals surface area (Å²) in [6.07, 6.45) is 2.33. The first-order valence-corrected chi connectivity index (χ1v) is 7.54. The predicted molar refractivity (Wildman–Crippen MR) is 81.6 cm³/mol. The highest BCUT2D eigenvalue weighted by Gasteiger charge is 2.44. The summed E-state index contributed by atoms with van der Waals surface area (Å²) in [6, 6.07) is 6.10. The number of imide groups is 1. The average molecular weight is 308 g/mol. The third-order valence-corrected chi connectivity index (χ3v) is 4.43. The van der Waals surface area contributed by atoms with E-state index in [2.05, 4.69) is 4.90 Å². The van der Waals surface area contributed by atoms with Crippen molar-refractivity contribution in [3.8, 4) is 0 Å². The van der Waals surface area contributed by atoms with E-state index in [1.54, 1.807) is 31.3 Å². The zero-order valence-corrected chi connectivity index (χ0v) is 12.7. The molecule has 3 rings (SSSR count). The number of hydrogen-bond acceptors (Lipinski definition) is 3. The van der Waals surface area contributed by atoms with Crippen LogP contribution in [0, 0.1) is 0 Å². The molecule has 0 aromatic heterocycles. The molecule has 112 valence electrons. The van der Waals surface area contributed by atoms with Crippen molar-refractivity contribution in [1.29, 1.82) is 0 Å². The maximum atomic E-state index is 12.6. The molecule has 2 heterocycles. The molecule has 0 radical (unpaired) electrons. The van der Waals surface area contributed by atoms with Gasteiger partial charge in [0.15, 0.2) is 0 Å². The number of amides is 3. The molecule has 21 heavy (non-hydrogen) atoms. The van der Waals surface area contributed by atoms with E-state index in [1.165, 1.54) is 22.6 Å². The highest BCUT2D eigenvalue weighted by Crippen LogP contribution is 2.26. The standard InChI is InChI=1S/C15H18ClN3O2/c1-17-13(10-18-8-2-3-9-18)14(20)19(15(17)21)12-6-4-11(16)5-7-12/h4-7,13H,2-3,8-10H2,1H3. The molecule has 2 saturated heterocycles. The van der Waals surface area contributed by atoms with Gasteiger partial charge in [-0.1, -0.05) is 11.6 Å². The number of benzene rings is 1. The van der Waals surface area contributed by atoms with Crippen LogP contribution in [0.4, 0.5) is 10.5 Å². The van der Waals surface area contributed by atoms with Crippen LogP contribution in [-0.4, -0.2) is 54.5 Å². The first-order chi connectivity index (χ1) is 10.1. The minimum absolute atomic E-state index is 0.156. The van der Waals surface area contributed by atoms with Gasteiger partial charge in [0.2, 0.25) is 0 Å². The van der Waals surface area contributed by atoms with Gasteiger partial charge in [-0.25, -0.2) is 9.69 Å². The van der Waals surface area contributed by atoms with Crippen LogP contribution in [-0.2, 0) is 4.79 Å². The van der Waals surface area contributed by atoms with E-state index in [9.17, 15) is 9.59 Å². The molecule has 1 atom stereocenters. The number of urea groups is 1. The van der Waals surface area contributed by atoms with Crippen molar-refractivity contribution in [2.45, 2.75) is 18.9 Å². The normalized spacial score (nSPS) is 23.4. The number of halogens is 1. The lowest BCUT2D eigenvalue weighted by molar-refractivity contribution is -0.120. The van der Waals surface area contributed by atoms with Crippen molar-refractivity contribution < 1.29 is 9.59 Å². The van der Waals surface area contributed by atoms with Gasteiger partial charge in [-0.2, -0.15) is 0 Å². The van der Waals surface area contributed by atoms with E-state index in [0.717, 1.165) is 13.1 Å². The van der Waals surface area contributed by atoms with Gasteiger partial charge in [-0.05, 0) is 50.2 Å². The lowest BCUT2D eigenvalue weighted by Gasteiger charge is -2.22. The number of rotatable bonds is 3. The molecule has 1 unspecified atom stereocenters. The molecule has 5 nitrogen and oxygen atoms in total. The van der Waals surface area contributed by atoms with Crippen LogP contribution in [0.5, 0.6) is 0 Å². The van der Waals surface area contributed by atoms with Gasteiger partial charge in [0.25, 0.3) is 5.91 Å². The fourth-order valence-electron chi connectivity index (χ4n) is 2.94. The maximum Gasteiger partial charge on any atom is 0.331 e. The number of carbonyl (C=O) groups is 2. The van der Waals surface area contributed by atoms with Gasteiger partial charge >= 0.3 is 6.03 Å². The second kappa shape index (κ2) is 5.66. The highest BCUT2D eigenvalue weighted by atomic mass is 35.5. The van der Waals surface area contributed by atoms with Crippen LogP contribution < -0.4 is 4.90 Å².